The van der Waals surface area contributed by atoms with E-state index in [0.29, 0.717) is 63.0 Å². The first kappa shape index (κ1) is 53.8. The fraction of sp³-hybridized carbons (Fsp3) is 0.667. The number of likely N-dealkylation sites (tertiary alicyclic amines) is 2. The number of anilines is 1. The lowest BCUT2D eigenvalue weighted by atomic mass is 9.82. The van der Waals surface area contributed by atoms with Crippen molar-refractivity contribution in [1.82, 2.24) is 50.1 Å². The minimum atomic E-state index is -4.54. The lowest BCUT2D eigenvalue weighted by Crippen LogP contribution is -2.59. The Balaban J connectivity index is 0.732. The Hall–Kier alpha value is -5.43. The number of fused-ring (bicyclic) bond motifs is 1. The molecule has 73 heavy (non-hydrogen) atoms. The molecular formula is C54H76F3N11O5. The monoisotopic (exact) mass is 1020 g/mol. The number of halogens is 3. The molecule has 2 saturated carbocycles. The molecule has 0 unspecified atom stereocenters. The Morgan fingerprint density at radius 3 is 2.32 bits per heavy atom. The Morgan fingerprint density at radius 1 is 0.863 bits per heavy atom. The summed E-state index contributed by atoms with van der Waals surface area (Å²) in [5.74, 6) is -0.369. The summed E-state index contributed by atoms with van der Waals surface area (Å²) in [5.41, 5.74) is 0.408. The van der Waals surface area contributed by atoms with Gasteiger partial charge >= 0.3 is 6.18 Å². The summed E-state index contributed by atoms with van der Waals surface area (Å²) in [4.78, 5) is 89.9. The van der Waals surface area contributed by atoms with E-state index in [-0.39, 0.29) is 77.2 Å². The van der Waals surface area contributed by atoms with Crippen LogP contribution in [0.5, 0.6) is 0 Å². The molecule has 0 radical (unpaired) electrons. The lowest BCUT2D eigenvalue weighted by molar-refractivity contribution is -0.137. The number of unbranched alkanes of at least 4 members (excludes halogenated alkanes) is 5. The number of rotatable bonds is 19. The zero-order chi connectivity index (χ0) is 51.8. The molecule has 3 N–H and O–H groups in total. The van der Waals surface area contributed by atoms with Crippen molar-refractivity contribution in [2.75, 3.05) is 58.7 Å². The summed E-state index contributed by atoms with van der Waals surface area (Å²) in [7, 11) is 3.86. The van der Waals surface area contributed by atoms with Gasteiger partial charge in [0, 0.05) is 101 Å². The van der Waals surface area contributed by atoms with Gasteiger partial charge in [-0.05, 0) is 115 Å². The standard InChI is InChI=1S/C54H76F3N11O5/c1-35(2)64(3)40-19-21-46(68-25-22-44(53(68)73)62-50-41-30-38(54(55,56)57)16-20-43(41)60-34-61-50)45(31-40)63-51(71)36-14-17-39(18-15-36)66-26-28-67(29-27-66)47(69)13-9-7-5-6-8-10-24-59-52(72)42-32-48(70)65(4)49(42)37-12-11-23-58-33-37/h11-12,16,20,23,30,33-36,39-40,42,44-46,49H,5-10,13-15,17-19,21-22,24-29,31-32H2,1-4H3,(H,59,72)(H,63,71)(H,60,61,62)/t36?,39?,40-,42+,44+,45-,46+,49-/m1/s1. The molecular weight excluding hydrogens is 940 g/mol. The van der Waals surface area contributed by atoms with Crippen molar-refractivity contribution >= 4 is 46.3 Å². The van der Waals surface area contributed by atoms with Crippen LogP contribution in [0, 0.1) is 11.8 Å². The van der Waals surface area contributed by atoms with Crippen LogP contribution in [-0.4, -0.2) is 159 Å². The highest BCUT2D eigenvalue weighted by Gasteiger charge is 2.45. The number of benzene rings is 1. The van der Waals surface area contributed by atoms with Crippen LogP contribution in [0.15, 0.2) is 49.1 Å². The molecule has 398 valence electrons. The maximum absolute atomic E-state index is 14.1. The van der Waals surface area contributed by atoms with Gasteiger partial charge in [0.05, 0.1) is 35.1 Å². The molecule has 5 heterocycles. The second-order valence-electron chi connectivity index (χ2n) is 21.5. The van der Waals surface area contributed by atoms with Crippen molar-refractivity contribution < 1.29 is 37.1 Å². The van der Waals surface area contributed by atoms with Crippen LogP contribution in [0.25, 0.3) is 10.9 Å². The van der Waals surface area contributed by atoms with Crippen molar-refractivity contribution in [2.24, 2.45) is 11.8 Å². The van der Waals surface area contributed by atoms with Gasteiger partial charge in [-0.2, -0.15) is 13.2 Å². The molecule has 2 aliphatic carbocycles. The first-order valence-corrected chi connectivity index (χ1v) is 26.9. The third-order valence-corrected chi connectivity index (χ3v) is 16.7. The summed E-state index contributed by atoms with van der Waals surface area (Å²) < 4.78 is 40.9. The molecule has 1 aromatic carbocycles. The zero-order valence-electron chi connectivity index (χ0n) is 43.1. The van der Waals surface area contributed by atoms with E-state index in [2.05, 4.69) is 61.6 Å². The van der Waals surface area contributed by atoms with Crippen LogP contribution in [-0.2, 0) is 30.1 Å². The number of carbonyl (C=O) groups excluding carboxylic acids is 5. The molecule has 8 rings (SSSR count). The topological polar surface area (TPSA) is 176 Å². The smallest absolute Gasteiger partial charge is 0.358 e. The number of hydrogen-bond donors (Lipinski definition) is 3. The molecule has 6 atom stereocenters. The predicted molar refractivity (Wildman–Crippen MR) is 272 cm³/mol. The van der Waals surface area contributed by atoms with Gasteiger partial charge in [-0.1, -0.05) is 31.7 Å². The predicted octanol–water partition coefficient (Wildman–Crippen LogP) is 6.57. The molecule has 5 amide bonds. The Morgan fingerprint density at radius 2 is 1.60 bits per heavy atom. The third-order valence-electron chi connectivity index (χ3n) is 16.7. The third kappa shape index (κ3) is 13.1. The van der Waals surface area contributed by atoms with Gasteiger partial charge in [0.25, 0.3) is 0 Å². The van der Waals surface area contributed by atoms with Crippen LogP contribution in [0.2, 0.25) is 0 Å². The van der Waals surface area contributed by atoms with E-state index in [4.69, 9.17) is 0 Å². The highest BCUT2D eigenvalue weighted by atomic mass is 19.4. The second-order valence-corrected chi connectivity index (χ2v) is 21.5. The maximum Gasteiger partial charge on any atom is 0.416 e. The van der Waals surface area contributed by atoms with E-state index in [1.54, 1.807) is 24.3 Å². The molecule has 0 spiro atoms. The molecule has 3 aromatic rings. The van der Waals surface area contributed by atoms with Crippen molar-refractivity contribution in [3.63, 3.8) is 0 Å². The van der Waals surface area contributed by atoms with Crippen LogP contribution in [0.3, 0.4) is 0 Å². The van der Waals surface area contributed by atoms with E-state index >= 15 is 0 Å². The zero-order valence-corrected chi connectivity index (χ0v) is 43.1. The summed E-state index contributed by atoms with van der Waals surface area (Å²) in [6.45, 7) is 8.45. The number of nitrogens with zero attached hydrogens (tertiary/aromatic N) is 8. The molecule has 3 saturated heterocycles. The van der Waals surface area contributed by atoms with E-state index in [9.17, 15) is 37.1 Å². The van der Waals surface area contributed by atoms with Gasteiger partial charge in [0.15, 0.2) is 0 Å². The number of aromatic nitrogens is 3. The molecule has 5 fully saturated rings. The average molecular weight is 1020 g/mol. The van der Waals surface area contributed by atoms with Gasteiger partial charge < -0.3 is 35.6 Å². The maximum atomic E-state index is 14.1. The van der Waals surface area contributed by atoms with Gasteiger partial charge in [-0.15, -0.1) is 0 Å². The Kier molecular flexibility index (Phi) is 17.9. The number of alkyl halides is 3. The molecule has 0 bridgehead atoms. The quantitative estimate of drug-likeness (QED) is 0.111. The Labute approximate surface area is 428 Å². The van der Waals surface area contributed by atoms with Gasteiger partial charge in [-0.3, -0.25) is 33.9 Å². The number of pyridine rings is 1. The molecule has 2 aromatic heterocycles. The molecule has 5 aliphatic rings. The van der Waals surface area contributed by atoms with E-state index in [1.807, 2.05) is 21.9 Å². The van der Waals surface area contributed by atoms with Gasteiger partial charge in [0.1, 0.15) is 18.2 Å². The highest BCUT2D eigenvalue weighted by molar-refractivity contribution is 5.93. The lowest BCUT2D eigenvalue weighted by Gasteiger charge is -2.45. The fourth-order valence-corrected chi connectivity index (χ4v) is 12.2. The number of hydrogen-bond acceptors (Lipinski definition) is 11. The largest absolute Gasteiger partial charge is 0.416 e. The highest BCUT2D eigenvalue weighted by Crippen LogP contribution is 2.38. The van der Waals surface area contributed by atoms with Crippen molar-refractivity contribution in [3.05, 3.63) is 60.2 Å². The van der Waals surface area contributed by atoms with Gasteiger partial charge in [0.2, 0.25) is 29.5 Å². The van der Waals surface area contributed by atoms with Crippen LogP contribution in [0.4, 0.5) is 19.0 Å². The van der Waals surface area contributed by atoms with Crippen LogP contribution in [0.1, 0.15) is 134 Å². The van der Waals surface area contributed by atoms with Crippen LogP contribution < -0.4 is 16.0 Å². The minimum Gasteiger partial charge on any atom is -0.358 e. The minimum absolute atomic E-state index is 0.0350. The Bertz CT molecular complexity index is 2380. The second kappa shape index (κ2) is 24.3. The average Bonchev–Trinajstić information content (AvgIpc) is 3.91. The molecule has 19 heteroatoms. The van der Waals surface area contributed by atoms with Crippen molar-refractivity contribution in [3.8, 4) is 0 Å². The van der Waals surface area contributed by atoms with Crippen LogP contribution >= 0.6 is 0 Å². The number of carbonyl (C=O) groups is 5. The van der Waals surface area contributed by atoms with Crippen molar-refractivity contribution in [2.45, 2.75) is 165 Å². The summed E-state index contributed by atoms with van der Waals surface area (Å²) in [5, 5.41) is 9.86. The van der Waals surface area contributed by atoms with Crippen molar-refractivity contribution in [1.29, 1.82) is 0 Å². The summed E-state index contributed by atoms with van der Waals surface area (Å²) in [6, 6.07) is 6.56. The number of nitrogens with one attached hydrogen (secondary N) is 3. The van der Waals surface area contributed by atoms with Gasteiger partial charge in [-0.25, -0.2) is 9.97 Å². The normalized spacial score (nSPS) is 26.3. The summed E-state index contributed by atoms with van der Waals surface area (Å²) >= 11 is 0. The van der Waals surface area contributed by atoms with E-state index in [1.165, 1.54) is 12.4 Å². The number of piperazine rings is 1. The number of amides is 5. The molecule has 3 aliphatic heterocycles. The summed E-state index contributed by atoms with van der Waals surface area (Å²) in [6.07, 6.45) is 12.9. The van der Waals surface area contributed by atoms with E-state index in [0.717, 1.165) is 108 Å². The fourth-order valence-electron chi connectivity index (χ4n) is 12.2. The van der Waals surface area contributed by atoms with E-state index < -0.39 is 23.7 Å². The first-order valence-electron chi connectivity index (χ1n) is 26.9. The SMILES string of the molecule is CC(C)N(C)[C@@H]1CC[C@H](N2CC[C@H](Nc3ncnc4ccc(C(F)(F)F)cc34)C2=O)[C@H](NC(=O)C2CCC(N3CCN(C(=O)CCCCCCCCNC(=O)[C@H]4CC(=O)N(C)[C@@H]4c4cccnc4)CC3)CC2)C1. The first-order chi connectivity index (χ1) is 35.1. The molecule has 16 nitrogen and oxygen atoms in total.